The quantitative estimate of drug-likeness (QED) is 0.113. The Balaban J connectivity index is 0.916. The van der Waals surface area contributed by atoms with Gasteiger partial charge in [-0.2, -0.15) is 0 Å². The average Bonchev–Trinajstić information content (AvgIpc) is 4.24. The molecule has 4 aliphatic heterocycles. The van der Waals surface area contributed by atoms with Crippen LogP contribution in [-0.2, 0) is 28.2 Å². The predicted octanol–water partition coefficient (Wildman–Crippen LogP) is 11.2. The van der Waals surface area contributed by atoms with Crippen LogP contribution in [0.5, 0.6) is 5.75 Å². The van der Waals surface area contributed by atoms with Gasteiger partial charge in [-0.05, 0) is 101 Å². The van der Waals surface area contributed by atoms with E-state index in [-0.39, 0.29) is 48.3 Å². The number of hydrogen-bond donors (Lipinski definition) is 1. The average molecular weight is 1010 g/mol. The van der Waals surface area contributed by atoms with Gasteiger partial charge in [-0.15, -0.1) is 5.10 Å². The van der Waals surface area contributed by atoms with E-state index < -0.39 is 19.8 Å². The van der Waals surface area contributed by atoms with Crippen LogP contribution in [0.1, 0.15) is 62.4 Å². The zero-order valence-corrected chi connectivity index (χ0v) is 43.1. The van der Waals surface area contributed by atoms with Crippen molar-refractivity contribution in [3.05, 3.63) is 210 Å². The van der Waals surface area contributed by atoms with Gasteiger partial charge in [0.25, 0.3) is 17.7 Å². The second kappa shape index (κ2) is 17.7. The van der Waals surface area contributed by atoms with Crippen molar-refractivity contribution in [3.63, 3.8) is 0 Å². The Morgan fingerprint density at radius 1 is 0.707 bits per heavy atom. The lowest BCUT2D eigenvalue weighted by atomic mass is 9.82. The number of hydrogen-bond acceptors (Lipinski definition) is 8. The van der Waals surface area contributed by atoms with Gasteiger partial charge in [0.15, 0.2) is 5.60 Å². The van der Waals surface area contributed by atoms with Crippen LogP contribution in [0.2, 0.25) is 18.6 Å². The van der Waals surface area contributed by atoms with Crippen LogP contribution in [0.25, 0.3) is 21.5 Å². The third-order valence-electron chi connectivity index (χ3n) is 16.6. The number of aliphatic hydroxyl groups excluding tert-OH is 1. The monoisotopic (exact) mass is 1010 g/mol. The third kappa shape index (κ3) is 7.12. The summed E-state index contributed by atoms with van der Waals surface area (Å²) < 4.78 is 15.1. The summed E-state index contributed by atoms with van der Waals surface area (Å²) in [5, 5.41) is 24.7. The lowest BCUT2D eigenvalue weighted by Crippen LogP contribution is -2.51. The lowest BCUT2D eigenvalue weighted by molar-refractivity contribution is -0.146. The van der Waals surface area contributed by atoms with Gasteiger partial charge in [-0.3, -0.25) is 28.9 Å². The van der Waals surface area contributed by atoms with Crippen LogP contribution in [0.4, 0.5) is 28.4 Å². The molecule has 0 saturated carbocycles. The molecule has 1 fully saturated rings. The van der Waals surface area contributed by atoms with Gasteiger partial charge in [0.05, 0.1) is 74.2 Å². The zero-order valence-electron chi connectivity index (χ0n) is 42.1. The first-order chi connectivity index (χ1) is 36.5. The van der Waals surface area contributed by atoms with Gasteiger partial charge >= 0.3 is 0 Å². The third-order valence-corrected chi connectivity index (χ3v) is 21.0. The Labute approximate surface area is 435 Å². The maximum absolute atomic E-state index is 16.3. The first-order valence-corrected chi connectivity index (χ1v) is 28.7. The number of aliphatic hydroxyl groups is 1. The number of amides is 3. The van der Waals surface area contributed by atoms with Crippen LogP contribution in [0.15, 0.2) is 176 Å². The fraction of sp³-hybridized carbons (Fsp3) is 0.210. The summed E-state index contributed by atoms with van der Waals surface area (Å²) in [6, 6.07) is 55.6. The zero-order chi connectivity index (χ0) is 51.3. The summed E-state index contributed by atoms with van der Waals surface area (Å²) in [7, 11) is -0.914. The second-order valence-corrected chi connectivity index (χ2v) is 25.6. The minimum Gasteiger partial charge on any atom is -0.497 e. The van der Waals surface area contributed by atoms with Gasteiger partial charge in [0.2, 0.25) is 0 Å². The topological polar surface area (TPSA) is 130 Å². The van der Waals surface area contributed by atoms with E-state index in [0.717, 1.165) is 49.8 Å². The predicted molar refractivity (Wildman–Crippen MR) is 294 cm³/mol. The molecule has 5 heterocycles. The molecule has 1 unspecified atom stereocenters. The van der Waals surface area contributed by atoms with Crippen LogP contribution >= 0.6 is 0 Å². The summed E-state index contributed by atoms with van der Waals surface area (Å²) in [4.78, 5) is 50.4. The number of ether oxygens (including phenoxy) is 2. The number of benzene rings is 8. The SMILES string of the molecule is COc1ccc([Si](C)(C)[C@@H]2[C@@H](CCn3cc(C(CO)c4ccccc4)nn3)O[C@]3(C(=O)N(Cc4cccc(N5C(=O)c6cccc7cccc5c67)c4)c4ccc(N5C(=O)c6cccc7cccc5c67)cc43)[C@H]2C)cc1. The molecule has 1 spiro atoms. The van der Waals surface area contributed by atoms with E-state index in [2.05, 4.69) is 42.5 Å². The van der Waals surface area contributed by atoms with E-state index in [1.54, 1.807) is 16.9 Å². The molecule has 1 saturated heterocycles. The number of aromatic nitrogens is 3. The van der Waals surface area contributed by atoms with Gasteiger partial charge < -0.3 is 19.5 Å². The van der Waals surface area contributed by atoms with Crippen LogP contribution in [0, 0.1) is 5.92 Å². The number of anilines is 5. The number of aryl methyl sites for hydroxylation is 1. The first-order valence-electron chi connectivity index (χ1n) is 25.7. The van der Waals surface area contributed by atoms with Crippen LogP contribution in [0.3, 0.4) is 0 Å². The van der Waals surface area contributed by atoms with Crippen molar-refractivity contribution in [1.29, 1.82) is 0 Å². The Kier molecular flexibility index (Phi) is 11.0. The maximum Gasteiger partial charge on any atom is 0.264 e. The summed E-state index contributed by atoms with van der Waals surface area (Å²) in [6.45, 7) is 7.44. The molecule has 0 aliphatic carbocycles. The molecular weight excluding hydrogens is 953 g/mol. The van der Waals surface area contributed by atoms with E-state index in [9.17, 15) is 14.7 Å². The van der Waals surface area contributed by atoms with Crippen molar-refractivity contribution >= 4 is 81.0 Å². The standard InChI is InChI=1S/C62H54N6O6Si/c1-38-58(75(3,4)46-28-26-45(73-2)27-29-46)55(31-32-65-36-51(63-64-65)49(37-69)40-14-6-5-7-15-40)74-62(38)50-34-44(68-54-24-12-19-42-17-10-22-48(57(42)54)60(68)71)25-30-52(50)66(61(62)72)35-39-13-8-20-43(33-39)67-53-23-11-18-41-16-9-21-47(56(41)53)59(67)70/h5-30,33-34,36,38,49,55,58,69H,31-32,35,37H2,1-4H3/t38-,49?,55+,58-,62+/m0/s1. The molecule has 4 aliphatic rings. The fourth-order valence-electron chi connectivity index (χ4n) is 13.1. The molecule has 372 valence electrons. The number of fused-ring (bicyclic) bond motifs is 2. The highest BCUT2D eigenvalue weighted by atomic mass is 28.3. The largest absolute Gasteiger partial charge is 0.497 e. The van der Waals surface area contributed by atoms with Crippen LogP contribution < -0.4 is 24.6 Å². The highest BCUT2D eigenvalue weighted by molar-refractivity contribution is 6.91. The van der Waals surface area contributed by atoms with E-state index in [1.807, 2.05) is 174 Å². The lowest BCUT2D eigenvalue weighted by Gasteiger charge is -2.37. The molecule has 13 rings (SSSR count). The fourth-order valence-corrected chi connectivity index (χ4v) is 17.1. The highest BCUT2D eigenvalue weighted by Crippen LogP contribution is 2.61. The summed E-state index contributed by atoms with van der Waals surface area (Å²) in [6.07, 6.45) is 2.01. The van der Waals surface area contributed by atoms with E-state index in [0.29, 0.717) is 52.4 Å². The van der Waals surface area contributed by atoms with Crippen molar-refractivity contribution in [1.82, 2.24) is 15.0 Å². The van der Waals surface area contributed by atoms with Gasteiger partial charge in [-0.1, -0.05) is 134 Å². The molecule has 5 atom stereocenters. The minimum absolute atomic E-state index is 0.0935. The van der Waals surface area contributed by atoms with Gasteiger partial charge in [0, 0.05) is 46.4 Å². The van der Waals surface area contributed by atoms with Crippen molar-refractivity contribution in [3.8, 4) is 5.75 Å². The van der Waals surface area contributed by atoms with Crippen molar-refractivity contribution in [2.75, 3.05) is 28.4 Å². The van der Waals surface area contributed by atoms with E-state index in [1.165, 1.54) is 5.19 Å². The smallest absolute Gasteiger partial charge is 0.264 e. The molecule has 9 aromatic rings. The Morgan fingerprint density at radius 3 is 1.97 bits per heavy atom. The van der Waals surface area contributed by atoms with Crippen molar-refractivity contribution in [2.24, 2.45) is 5.92 Å². The van der Waals surface area contributed by atoms with E-state index >= 15 is 4.79 Å². The van der Waals surface area contributed by atoms with Gasteiger partial charge in [0.1, 0.15) is 5.75 Å². The second-order valence-electron chi connectivity index (χ2n) is 20.9. The molecular formula is C62H54N6O6Si. The number of carbonyl (C=O) groups is 3. The van der Waals surface area contributed by atoms with E-state index in [4.69, 9.17) is 9.47 Å². The van der Waals surface area contributed by atoms with Gasteiger partial charge in [-0.25, -0.2) is 0 Å². The summed E-state index contributed by atoms with van der Waals surface area (Å²) in [5.74, 6) is -0.314. The minimum atomic E-state index is -2.58. The normalized spacial score (nSPS) is 20.1. The molecule has 8 aromatic carbocycles. The number of nitrogens with zero attached hydrogens (tertiary/aromatic N) is 6. The summed E-state index contributed by atoms with van der Waals surface area (Å²) in [5.41, 5.74) is 6.60. The summed E-state index contributed by atoms with van der Waals surface area (Å²) >= 11 is 0. The Bertz CT molecular complexity index is 3780. The molecule has 1 N–H and O–H groups in total. The molecule has 75 heavy (non-hydrogen) atoms. The molecule has 3 amide bonds. The molecule has 13 heteroatoms. The number of carbonyl (C=O) groups excluding carboxylic acids is 3. The van der Waals surface area contributed by atoms with Crippen molar-refractivity contribution < 1.29 is 29.0 Å². The van der Waals surface area contributed by atoms with Crippen LogP contribution in [-0.4, -0.2) is 65.7 Å². The Hall–Kier alpha value is -8.23. The number of rotatable bonds is 13. The number of methoxy groups -OCH3 is 1. The van der Waals surface area contributed by atoms with Crippen molar-refractivity contribution in [2.45, 2.75) is 62.7 Å². The molecule has 0 bridgehead atoms. The highest BCUT2D eigenvalue weighted by Gasteiger charge is 2.66. The maximum atomic E-state index is 16.3. The first kappa shape index (κ1) is 46.5. The molecule has 0 radical (unpaired) electrons. The molecule has 12 nitrogen and oxygen atoms in total. The Morgan fingerprint density at radius 2 is 1.33 bits per heavy atom. The molecule has 1 aromatic heterocycles.